The molecule has 2 aliphatic heterocycles. The van der Waals surface area contributed by atoms with Crippen molar-refractivity contribution in [3.05, 3.63) is 42.0 Å². The van der Waals surface area contributed by atoms with Crippen LogP contribution in [0.1, 0.15) is 30.7 Å². The molecular weight excluding hydrogens is 319 g/mol. The summed E-state index contributed by atoms with van der Waals surface area (Å²) in [6.07, 6.45) is 3.17. The summed E-state index contributed by atoms with van der Waals surface area (Å²) in [5, 5.41) is 4.19. The van der Waals surface area contributed by atoms with E-state index in [0.29, 0.717) is 0 Å². The number of nitrogens with zero attached hydrogens (tertiary/aromatic N) is 5. The number of rotatable bonds is 2. The maximum atomic E-state index is 12.9. The van der Waals surface area contributed by atoms with E-state index in [1.165, 1.54) is 11.8 Å². The molecular formula is C16H16F3N5. The molecule has 4 heterocycles. The summed E-state index contributed by atoms with van der Waals surface area (Å²) >= 11 is 0. The summed E-state index contributed by atoms with van der Waals surface area (Å²) in [6, 6.07) is 3.01. The van der Waals surface area contributed by atoms with Gasteiger partial charge in [0, 0.05) is 25.5 Å². The van der Waals surface area contributed by atoms with Crippen LogP contribution < -0.4 is 4.90 Å². The molecule has 2 aromatic heterocycles. The molecule has 2 unspecified atom stereocenters. The molecule has 0 aromatic carbocycles. The van der Waals surface area contributed by atoms with Gasteiger partial charge in [0.15, 0.2) is 0 Å². The number of fused-ring (bicyclic) bond motifs is 2. The lowest BCUT2D eigenvalue weighted by Gasteiger charge is -2.34. The summed E-state index contributed by atoms with van der Waals surface area (Å²) in [6.45, 7) is 0. The van der Waals surface area contributed by atoms with Crippen molar-refractivity contribution < 1.29 is 13.2 Å². The number of anilines is 1. The molecule has 2 atom stereocenters. The molecule has 0 radical (unpaired) electrons. The molecule has 2 aromatic rings. The first-order valence-electron chi connectivity index (χ1n) is 7.81. The molecule has 1 fully saturated rings. The first kappa shape index (κ1) is 15.2. The number of alkyl halides is 3. The van der Waals surface area contributed by atoms with Crippen LogP contribution >= 0.6 is 0 Å². The fourth-order valence-corrected chi connectivity index (χ4v) is 3.65. The first-order chi connectivity index (χ1) is 11.4. The second-order valence-corrected chi connectivity index (χ2v) is 6.18. The maximum Gasteiger partial charge on any atom is 0.433 e. The van der Waals surface area contributed by atoms with Crippen LogP contribution in [-0.2, 0) is 13.2 Å². The van der Waals surface area contributed by atoms with E-state index in [2.05, 4.69) is 21.1 Å². The largest absolute Gasteiger partial charge is 0.433 e. The predicted molar refractivity (Wildman–Crippen MR) is 82.1 cm³/mol. The summed E-state index contributed by atoms with van der Waals surface area (Å²) in [5.41, 5.74) is 1.34. The molecule has 0 amide bonds. The Hall–Kier alpha value is -2.38. The molecule has 126 valence electrons. The van der Waals surface area contributed by atoms with Gasteiger partial charge >= 0.3 is 6.18 Å². The van der Waals surface area contributed by atoms with Crippen LogP contribution in [0.25, 0.3) is 5.57 Å². The smallest absolute Gasteiger partial charge is 0.331 e. The Balaban J connectivity index is 1.68. The molecule has 0 N–H and O–H groups in total. The number of hydrogen-bond acceptors (Lipinski definition) is 4. The Bertz CT molecular complexity index is 795. The van der Waals surface area contributed by atoms with E-state index < -0.39 is 11.9 Å². The summed E-state index contributed by atoms with van der Waals surface area (Å²) in [7, 11) is 1.89. The molecule has 0 saturated carbocycles. The van der Waals surface area contributed by atoms with Crippen LogP contribution in [0, 0.1) is 0 Å². The summed E-state index contributed by atoms with van der Waals surface area (Å²) in [5.74, 6) is 0.164. The zero-order chi connectivity index (χ0) is 16.9. The van der Waals surface area contributed by atoms with Crippen molar-refractivity contribution in [2.45, 2.75) is 37.5 Å². The first-order valence-corrected chi connectivity index (χ1v) is 7.81. The zero-order valence-electron chi connectivity index (χ0n) is 13.0. The van der Waals surface area contributed by atoms with E-state index in [9.17, 15) is 13.2 Å². The summed E-state index contributed by atoms with van der Waals surface area (Å²) < 4.78 is 40.5. The highest BCUT2D eigenvalue weighted by Crippen LogP contribution is 2.40. The molecule has 24 heavy (non-hydrogen) atoms. The average Bonchev–Trinajstić information content (AvgIpc) is 3.08. The highest BCUT2D eigenvalue weighted by molar-refractivity contribution is 5.68. The number of halogens is 3. The van der Waals surface area contributed by atoms with Crippen molar-refractivity contribution in [2.24, 2.45) is 7.05 Å². The quantitative estimate of drug-likeness (QED) is 0.846. The maximum absolute atomic E-state index is 12.9. The van der Waals surface area contributed by atoms with E-state index in [0.717, 1.165) is 31.0 Å². The standard InChI is InChI=1S/C16H16F3N5/c1-23-13(4-7-21-23)10-8-11-2-3-12(9-10)24(11)15-20-6-5-14(22-15)16(17,18)19/h4-8,11-12H,2-3,9H2,1H3. The normalized spacial score (nSPS) is 23.5. The van der Waals surface area contributed by atoms with Crippen molar-refractivity contribution in [1.82, 2.24) is 19.7 Å². The second kappa shape index (κ2) is 5.32. The number of hydrogen-bond donors (Lipinski definition) is 0. The molecule has 0 aliphatic carbocycles. The van der Waals surface area contributed by atoms with Crippen LogP contribution in [0.3, 0.4) is 0 Å². The topological polar surface area (TPSA) is 46.8 Å². The second-order valence-electron chi connectivity index (χ2n) is 6.18. The minimum atomic E-state index is -4.46. The third-order valence-electron chi connectivity index (χ3n) is 4.71. The molecule has 0 spiro atoms. The third kappa shape index (κ3) is 2.46. The van der Waals surface area contributed by atoms with Crippen LogP contribution in [0.4, 0.5) is 19.1 Å². The van der Waals surface area contributed by atoms with Crippen LogP contribution in [0.2, 0.25) is 0 Å². The van der Waals surface area contributed by atoms with E-state index in [1.54, 1.807) is 6.20 Å². The van der Waals surface area contributed by atoms with Gasteiger partial charge in [0.1, 0.15) is 5.69 Å². The number of aryl methyl sites for hydroxylation is 1. The van der Waals surface area contributed by atoms with Gasteiger partial charge in [-0.25, -0.2) is 9.97 Å². The highest BCUT2D eigenvalue weighted by Gasteiger charge is 2.40. The molecule has 5 nitrogen and oxygen atoms in total. The van der Waals surface area contributed by atoms with Crippen molar-refractivity contribution >= 4 is 11.5 Å². The van der Waals surface area contributed by atoms with Crippen molar-refractivity contribution in [2.75, 3.05) is 4.90 Å². The van der Waals surface area contributed by atoms with Gasteiger partial charge in [-0.3, -0.25) is 4.68 Å². The van der Waals surface area contributed by atoms with Gasteiger partial charge < -0.3 is 4.90 Å². The van der Waals surface area contributed by atoms with Gasteiger partial charge in [0.2, 0.25) is 5.95 Å². The monoisotopic (exact) mass is 335 g/mol. The minimum absolute atomic E-state index is 0.0251. The Labute approximate surface area is 136 Å². The molecule has 8 heteroatoms. The fourth-order valence-electron chi connectivity index (χ4n) is 3.65. The third-order valence-corrected chi connectivity index (χ3v) is 4.71. The van der Waals surface area contributed by atoms with Crippen LogP contribution in [0.15, 0.2) is 30.6 Å². The van der Waals surface area contributed by atoms with Gasteiger partial charge in [0.05, 0.1) is 11.7 Å². The van der Waals surface area contributed by atoms with Gasteiger partial charge in [-0.2, -0.15) is 18.3 Å². The molecule has 2 aliphatic rings. The average molecular weight is 335 g/mol. The van der Waals surface area contributed by atoms with Crippen LogP contribution in [0.5, 0.6) is 0 Å². The predicted octanol–water partition coefficient (Wildman–Crippen LogP) is 3.05. The van der Waals surface area contributed by atoms with Gasteiger partial charge in [-0.15, -0.1) is 0 Å². The lowest BCUT2D eigenvalue weighted by molar-refractivity contribution is -0.141. The lowest BCUT2D eigenvalue weighted by atomic mass is 9.99. The Morgan fingerprint density at radius 3 is 2.67 bits per heavy atom. The van der Waals surface area contributed by atoms with Crippen molar-refractivity contribution in [3.8, 4) is 0 Å². The van der Waals surface area contributed by atoms with E-state index in [4.69, 9.17) is 0 Å². The van der Waals surface area contributed by atoms with Crippen LogP contribution in [-0.4, -0.2) is 31.8 Å². The highest BCUT2D eigenvalue weighted by atomic mass is 19.4. The van der Waals surface area contributed by atoms with E-state index >= 15 is 0 Å². The Morgan fingerprint density at radius 1 is 1.17 bits per heavy atom. The van der Waals surface area contributed by atoms with Crippen molar-refractivity contribution in [1.29, 1.82) is 0 Å². The SMILES string of the molecule is Cn1nccc1C1=CC2CCC(C1)N2c1nccc(C(F)(F)F)n1. The molecule has 2 bridgehead atoms. The van der Waals surface area contributed by atoms with E-state index in [1.807, 2.05) is 22.7 Å². The van der Waals surface area contributed by atoms with Crippen molar-refractivity contribution in [3.63, 3.8) is 0 Å². The Kier molecular flexibility index (Phi) is 3.36. The number of aromatic nitrogens is 4. The molecule has 4 rings (SSSR count). The van der Waals surface area contributed by atoms with E-state index in [-0.39, 0.29) is 18.0 Å². The Morgan fingerprint density at radius 2 is 2.00 bits per heavy atom. The zero-order valence-corrected chi connectivity index (χ0v) is 13.0. The van der Waals surface area contributed by atoms with Gasteiger partial charge in [0.25, 0.3) is 0 Å². The van der Waals surface area contributed by atoms with Gasteiger partial charge in [-0.05, 0) is 37.0 Å². The lowest BCUT2D eigenvalue weighted by Crippen LogP contribution is -2.40. The fraction of sp³-hybridized carbons (Fsp3) is 0.438. The summed E-state index contributed by atoms with van der Waals surface area (Å²) in [4.78, 5) is 9.77. The molecule has 1 saturated heterocycles. The minimum Gasteiger partial charge on any atom is -0.331 e. The van der Waals surface area contributed by atoms with Gasteiger partial charge in [-0.1, -0.05) is 6.08 Å².